The van der Waals surface area contributed by atoms with E-state index in [0.717, 1.165) is 13.1 Å². The fraction of sp³-hybridized carbons (Fsp3) is 0.538. The van der Waals surface area contributed by atoms with Crippen molar-refractivity contribution in [2.45, 2.75) is 20.8 Å². The molecule has 1 rings (SSSR count). The molecule has 1 aromatic rings. The van der Waals surface area contributed by atoms with E-state index in [1.165, 1.54) is 0 Å². The van der Waals surface area contributed by atoms with Crippen molar-refractivity contribution >= 4 is 0 Å². The zero-order valence-corrected chi connectivity index (χ0v) is 10.2. The van der Waals surface area contributed by atoms with Gasteiger partial charge in [-0.05, 0) is 31.0 Å². The molecule has 0 saturated heterocycles. The van der Waals surface area contributed by atoms with Crippen molar-refractivity contribution in [2.75, 3.05) is 19.7 Å². The second-order valence-corrected chi connectivity index (χ2v) is 4.33. The number of aryl methyl sites for hydroxylation is 1. The predicted octanol–water partition coefficient (Wildman–Crippen LogP) is 2.76. The number of nitrogens with one attached hydrogen (secondary N) is 1. The fourth-order valence-electron chi connectivity index (χ4n) is 1.36. The van der Waals surface area contributed by atoms with Gasteiger partial charge in [-0.25, -0.2) is 4.39 Å². The molecular weight excluding hydrogens is 205 g/mol. The van der Waals surface area contributed by atoms with Gasteiger partial charge in [-0.3, -0.25) is 0 Å². The highest BCUT2D eigenvalue weighted by molar-refractivity contribution is 5.29. The topological polar surface area (TPSA) is 21.3 Å². The summed E-state index contributed by atoms with van der Waals surface area (Å²) in [5.74, 6) is 0.702. The van der Waals surface area contributed by atoms with Gasteiger partial charge in [0.15, 0.2) is 11.6 Å². The highest BCUT2D eigenvalue weighted by Crippen LogP contribution is 2.19. The molecule has 3 heteroatoms. The van der Waals surface area contributed by atoms with Crippen LogP contribution in [0.25, 0.3) is 0 Å². The van der Waals surface area contributed by atoms with E-state index in [9.17, 15) is 4.39 Å². The molecule has 0 heterocycles. The number of halogens is 1. The minimum absolute atomic E-state index is 0.258. The molecule has 1 aromatic carbocycles. The Bertz CT molecular complexity index is 326. The lowest BCUT2D eigenvalue weighted by atomic mass is 10.2. The van der Waals surface area contributed by atoms with E-state index in [2.05, 4.69) is 19.2 Å². The highest BCUT2D eigenvalue weighted by Gasteiger charge is 2.04. The van der Waals surface area contributed by atoms with Crippen LogP contribution in [0.15, 0.2) is 18.2 Å². The summed E-state index contributed by atoms with van der Waals surface area (Å²) in [6.07, 6.45) is 0. The van der Waals surface area contributed by atoms with Crippen LogP contribution in [0.5, 0.6) is 5.75 Å². The number of hydrogen-bond acceptors (Lipinski definition) is 2. The van der Waals surface area contributed by atoms with Crippen molar-refractivity contribution in [1.82, 2.24) is 5.32 Å². The summed E-state index contributed by atoms with van der Waals surface area (Å²) in [4.78, 5) is 0. The van der Waals surface area contributed by atoms with Crippen LogP contribution in [-0.4, -0.2) is 19.7 Å². The minimum Gasteiger partial charge on any atom is -0.489 e. The highest BCUT2D eigenvalue weighted by atomic mass is 19.1. The average molecular weight is 225 g/mol. The van der Waals surface area contributed by atoms with Gasteiger partial charge in [-0.1, -0.05) is 26.0 Å². The van der Waals surface area contributed by atoms with E-state index < -0.39 is 0 Å². The molecule has 0 fully saturated rings. The Balaban J connectivity index is 2.29. The first-order chi connectivity index (χ1) is 7.61. The summed E-state index contributed by atoms with van der Waals surface area (Å²) >= 11 is 0. The van der Waals surface area contributed by atoms with Crippen LogP contribution in [0.3, 0.4) is 0 Å². The summed E-state index contributed by atoms with van der Waals surface area (Å²) in [5, 5.41) is 3.24. The number of ether oxygens (including phenoxy) is 1. The Morgan fingerprint density at radius 3 is 2.81 bits per heavy atom. The number of hydrogen-bond donors (Lipinski definition) is 1. The quantitative estimate of drug-likeness (QED) is 0.752. The van der Waals surface area contributed by atoms with Gasteiger partial charge in [0.05, 0.1) is 0 Å². The van der Waals surface area contributed by atoms with Gasteiger partial charge >= 0.3 is 0 Å². The Kier molecular flexibility index (Phi) is 5.26. The van der Waals surface area contributed by atoms with Gasteiger partial charge in [0, 0.05) is 6.54 Å². The minimum atomic E-state index is -0.258. The van der Waals surface area contributed by atoms with E-state index in [4.69, 9.17) is 4.74 Å². The third-order valence-electron chi connectivity index (χ3n) is 2.25. The largest absolute Gasteiger partial charge is 0.489 e. The van der Waals surface area contributed by atoms with E-state index >= 15 is 0 Å². The SMILES string of the molecule is Cc1cccc(OCCNCC(C)C)c1F. The van der Waals surface area contributed by atoms with Gasteiger partial charge < -0.3 is 10.1 Å². The predicted molar refractivity (Wildman–Crippen MR) is 64.3 cm³/mol. The first kappa shape index (κ1) is 13.0. The molecule has 0 aliphatic rings. The maximum atomic E-state index is 13.5. The summed E-state index contributed by atoms with van der Waals surface area (Å²) in [7, 11) is 0. The van der Waals surface area contributed by atoms with Gasteiger partial charge in [0.1, 0.15) is 6.61 Å². The van der Waals surface area contributed by atoms with Gasteiger partial charge in [-0.2, -0.15) is 0 Å². The van der Waals surface area contributed by atoms with Crippen LogP contribution < -0.4 is 10.1 Å². The van der Waals surface area contributed by atoms with Crippen molar-refractivity contribution < 1.29 is 9.13 Å². The zero-order chi connectivity index (χ0) is 12.0. The Morgan fingerprint density at radius 2 is 2.12 bits per heavy atom. The smallest absolute Gasteiger partial charge is 0.167 e. The number of rotatable bonds is 6. The van der Waals surface area contributed by atoms with E-state index in [1.807, 2.05) is 0 Å². The molecule has 0 aliphatic carbocycles. The van der Waals surface area contributed by atoms with Crippen LogP contribution in [-0.2, 0) is 0 Å². The van der Waals surface area contributed by atoms with Crippen molar-refractivity contribution in [3.8, 4) is 5.75 Å². The third-order valence-corrected chi connectivity index (χ3v) is 2.25. The average Bonchev–Trinajstić information content (AvgIpc) is 2.23. The van der Waals surface area contributed by atoms with Gasteiger partial charge in [0.25, 0.3) is 0 Å². The molecule has 2 nitrogen and oxygen atoms in total. The lowest BCUT2D eigenvalue weighted by molar-refractivity contribution is 0.295. The van der Waals surface area contributed by atoms with Crippen LogP contribution in [0.4, 0.5) is 4.39 Å². The third kappa shape index (κ3) is 4.19. The molecule has 16 heavy (non-hydrogen) atoms. The second kappa shape index (κ2) is 6.48. The summed E-state index contributed by atoms with van der Waals surface area (Å²) in [6.45, 7) is 8.22. The molecule has 0 saturated carbocycles. The van der Waals surface area contributed by atoms with Crippen molar-refractivity contribution in [1.29, 1.82) is 0 Å². The monoisotopic (exact) mass is 225 g/mol. The lowest BCUT2D eigenvalue weighted by Gasteiger charge is -2.10. The van der Waals surface area contributed by atoms with E-state index in [-0.39, 0.29) is 5.82 Å². The zero-order valence-electron chi connectivity index (χ0n) is 10.2. The standard InChI is InChI=1S/C13H20FNO/c1-10(2)9-15-7-8-16-12-6-4-5-11(3)13(12)14/h4-6,10,15H,7-9H2,1-3H3. The molecule has 0 atom stereocenters. The summed E-state index contributed by atoms with van der Waals surface area (Å²) in [5.41, 5.74) is 0.618. The Labute approximate surface area is 96.8 Å². The maximum absolute atomic E-state index is 13.5. The van der Waals surface area contributed by atoms with Gasteiger partial charge in [-0.15, -0.1) is 0 Å². The van der Waals surface area contributed by atoms with Crippen LogP contribution in [0.1, 0.15) is 19.4 Å². The van der Waals surface area contributed by atoms with Crippen LogP contribution in [0.2, 0.25) is 0 Å². The van der Waals surface area contributed by atoms with Crippen molar-refractivity contribution in [3.63, 3.8) is 0 Å². The van der Waals surface area contributed by atoms with Crippen LogP contribution in [0, 0.1) is 18.7 Å². The number of benzene rings is 1. The summed E-state index contributed by atoms with van der Waals surface area (Å²) < 4.78 is 18.9. The molecule has 0 aromatic heterocycles. The normalized spacial score (nSPS) is 10.8. The lowest BCUT2D eigenvalue weighted by Crippen LogP contribution is -2.25. The van der Waals surface area contributed by atoms with Crippen LogP contribution >= 0.6 is 0 Å². The van der Waals surface area contributed by atoms with E-state index in [0.29, 0.717) is 23.8 Å². The summed E-state index contributed by atoms with van der Waals surface area (Å²) in [6, 6.07) is 5.19. The van der Waals surface area contributed by atoms with Gasteiger partial charge in [0.2, 0.25) is 0 Å². The molecule has 0 unspecified atom stereocenters. The maximum Gasteiger partial charge on any atom is 0.167 e. The molecule has 0 aliphatic heterocycles. The van der Waals surface area contributed by atoms with Crippen molar-refractivity contribution in [3.05, 3.63) is 29.6 Å². The molecule has 0 amide bonds. The first-order valence-corrected chi connectivity index (χ1v) is 5.70. The fourth-order valence-corrected chi connectivity index (χ4v) is 1.36. The molecule has 1 N–H and O–H groups in total. The molecule has 0 radical (unpaired) electrons. The molecule has 0 spiro atoms. The molecule has 90 valence electrons. The Morgan fingerprint density at radius 1 is 1.38 bits per heavy atom. The second-order valence-electron chi connectivity index (χ2n) is 4.33. The van der Waals surface area contributed by atoms with Crippen molar-refractivity contribution in [2.24, 2.45) is 5.92 Å². The molecule has 0 bridgehead atoms. The molecular formula is C13H20FNO. The Hall–Kier alpha value is -1.09. The first-order valence-electron chi connectivity index (χ1n) is 5.70. The van der Waals surface area contributed by atoms with E-state index in [1.54, 1.807) is 25.1 Å².